The van der Waals surface area contributed by atoms with Crippen molar-refractivity contribution in [1.82, 2.24) is 4.98 Å². The molecule has 0 unspecified atom stereocenters. The summed E-state index contributed by atoms with van der Waals surface area (Å²) in [6, 6.07) is 27.0. The maximum Gasteiger partial charge on any atom is 0.278 e. The zero-order valence-electron chi connectivity index (χ0n) is 15.8. The van der Waals surface area contributed by atoms with Gasteiger partial charge in [-0.05, 0) is 35.4 Å². The summed E-state index contributed by atoms with van der Waals surface area (Å²) < 4.78 is 28.9. The van der Waals surface area contributed by atoms with Crippen LogP contribution in [-0.2, 0) is 10.0 Å². The highest BCUT2D eigenvalue weighted by atomic mass is 32.2. The summed E-state index contributed by atoms with van der Waals surface area (Å²) in [4.78, 5) is 2.99. The van der Waals surface area contributed by atoms with Crippen LogP contribution in [0.15, 0.2) is 90.0 Å². The molecule has 0 aliphatic heterocycles. The second-order valence-electron chi connectivity index (χ2n) is 6.65. The highest BCUT2D eigenvalue weighted by Gasteiger charge is 2.28. The number of anilines is 2. The first kappa shape index (κ1) is 19.3. The molecular formula is C23H18N4O2S. The number of hydrogen-bond acceptors (Lipinski definition) is 4. The SMILES string of the molecule is N#Cc1c(S(=O)(=O)Nc2ccc(N)cc2)[nH]c(-c2ccccc2)c1-c1ccccc1. The largest absolute Gasteiger partial charge is 0.399 e. The molecule has 7 heteroatoms. The number of nitriles is 1. The molecule has 0 bridgehead atoms. The van der Waals surface area contributed by atoms with Gasteiger partial charge in [0.05, 0.1) is 11.3 Å². The first-order chi connectivity index (χ1) is 14.5. The Morgan fingerprint density at radius 1 is 0.833 bits per heavy atom. The Morgan fingerprint density at radius 2 is 1.40 bits per heavy atom. The Bertz CT molecular complexity index is 1320. The fraction of sp³-hybridized carbons (Fsp3) is 0. The maximum atomic E-state index is 13.2. The van der Waals surface area contributed by atoms with Gasteiger partial charge < -0.3 is 10.7 Å². The molecule has 0 radical (unpaired) electrons. The molecule has 30 heavy (non-hydrogen) atoms. The average molecular weight is 414 g/mol. The number of aromatic nitrogens is 1. The van der Waals surface area contributed by atoms with Crippen molar-refractivity contribution in [3.8, 4) is 28.5 Å². The van der Waals surface area contributed by atoms with Gasteiger partial charge in [0.1, 0.15) is 6.07 Å². The minimum atomic E-state index is -4.06. The summed E-state index contributed by atoms with van der Waals surface area (Å²) in [7, 11) is -4.06. The van der Waals surface area contributed by atoms with Crippen molar-refractivity contribution in [3.63, 3.8) is 0 Å². The number of rotatable bonds is 5. The molecule has 4 rings (SSSR count). The van der Waals surface area contributed by atoms with Crippen molar-refractivity contribution in [2.75, 3.05) is 10.5 Å². The van der Waals surface area contributed by atoms with E-state index >= 15 is 0 Å². The van der Waals surface area contributed by atoms with Gasteiger partial charge in [-0.15, -0.1) is 0 Å². The van der Waals surface area contributed by atoms with Crippen LogP contribution in [0.5, 0.6) is 0 Å². The molecule has 4 N–H and O–H groups in total. The third kappa shape index (κ3) is 3.64. The second kappa shape index (κ2) is 7.78. The molecular weight excluding hydrogens is 396 g/mol. The number of nitrogens with zero attached hydrogens (tertiary/aromatic N) is 1. The summed E-state index contributed by atoms with van der Waals surface area (Å²) in [5, 5.41) is 9.73. The van der Waals surface area contributed by atoms with Gasteiger partial charge in [0, 0.05) is 16.9 Å². The third-order valence-corrected chi connectivity index (χ3v) is 5.98. The number of benzene rings is 3. The Balaban J connectivity index is 1.92. The van der Waals surface area contributed by atoms with E-state index in [-0.39, 0.29) is 10.6 Å². The zero-order valence-corrected chi connectivity index (χ0v) is 16.6. The molecule has 6 nitrogen and oxygen atoms in total. The van der Waals surface area contributed by atoms with Crippen molar-refractivity contribution in [1.29, 1.82) is 5.26 Å². The van der Waals surface area contributed by atoms with Crippen LogP contribution < -0.4 is 10.5 Å². The number of nitrogens with two attached hydrogens (primary N) is 1. The van der Waals surface area contributed by atoms with E-state index < -0.39 is 10.0 Å². The number of hydrogen-bond donors (Lipinski definition) is 3. The number of nitrogen functional groups attached to an aromatic ring is 1. The van der Waals surface area contributed by atoms with E-state index in [4.69, 9.17) is 5.73 Å². The van der Waals surface area contributed by atoms with E-state index in [0.717, 1.165) is 11.1 Å². The lowest BCUT2D eigenvalue weighted by Gasteiger charge is -2.07. The quantitative estimate of drug-likeness (QED) is 0.414. The standard InChI is InChI=1S/C23H18N4O2S/c24-15-20-21(16-7-3-1-4-8-16)22(17-9-5-2-6-10-17)26-23(20)30(28,29)27-19-13-11-18(25)12-14-19/h1-14,26-27H,25H2. The van der Waals surface area contributed by atoms with Crippen LogP contribution in [0.2, 0.25) is 0 Å². The van der Waals surface area contributed by atoms with Gasteiger partial charge in [0.2, 0.25) is 0 Å². The number of sulfonamides is 1. The van der Waals surface area contributed by atoms with Crippen LogP contribution >= 0.6 is 0 Å². The third-order valence-electron chi connectivity index (χ3n) is 4.63. The van der Waals surface area contributed by atoms with Gasteiger partial charge in [-0.3, -0.25) is 4.72 Å². The van der Waals surface area contributed by atoms with Gasteiger partial charge in [-0.1, -0.05) is 60.7 Å². The van der Waals surface area contributed by atoms with Crippen LogP contribution in [-0.4, -0.2) is 13.4 Å². The summed E-state index contributed by atoms with van der Waals surface area (Å²) >= 11 is 0. The van der Waals surface area contributed by atoms with Gasteiger partial charge in [-0.25, -0.2) is 0 Å². The van der Waals surface area contributed by atoms with Crippen LogP contribution in [0, 0.1) is 11.3 Å². The molecule has 0 amide bonds. The molecule has 0 spiro atoms. The van der Waals surface area contributed by atoms with Crippen LogP contribution in [0.4, 0.5) is 11.4 Å². The van der Waals surface area contributed by atoms with Crippen molar-refractivity contribution >= 4 is 21.4 Å². The van der Waals surface area contributed by atoms with E-state index in [9.17, 15) is 13.7 Å². The smallest absolute Gasteiger partial charge is 0.278 e. The van der Waals surface area contributed by atoms with E-state index in [1.807, 2.05) is 60.7 Å². The van der Waals surface area contributed by atoms with E-state index in [2.05, 4.69) is 15.8 Å². The Kier molecular flexibility index (Phi) is 5.00. The number of H-pyrrole nitrogens is 1. The average Bonchev–Trinajstić information content (AvgIpc) is 3.17. The molecule has 0 atom stereocenters. The molecule has 148 valence electrons. The molecule has 4 aromatic rings. The molecule has 0 fully saturated rings. The van der Waals surface area contributed by atoms with Gasteiger partial charge in [0.25, 0.3) is 10.0 Å². The molecule has 0 aliphatic rings. The lowest BCUT2D eigenvalue weighted by atomic mass is 9.98. The minimum absolute atomic E-state index is 0.0583. The summed E-state index contributed by atoms with van der Waals surface area (Å²) in [6.07, 6.45) is 0. The lowest BCUT2D eigenvalue weighted by molar-refractivity contribution is 0.598. The van der Waals surface area contributed by atoms with Crippen LogP contribution in [0.1, 0.15) is 5.56 Å². The molecule has 0 aliphatic carbocycles. The summed E-state index contributed by atoms with van der Waals surface area (Å²) in [6.45, 7) is 0. The van der Waals surface area contributed by atoms with E-state index in [1.165, 1.54) is 0 Å². The van der Waals surface area contributed by atoms with Crippen LogP contribution in [0.25, 0.3) is 22.4 Å². The van der Waals surface area contributed by atoms with Crippen LogP contribution in [0.3, 0.4) is 0 Å². The van der Waals surface area contributed by atoms with E-state index in [1.54, 1.807) is 24.3 Å². The molecule has 0 saturated carbocycles. The fourth-order valence-corrected chi connectivity index (χ4v) is 4.46. The lowest BCUT2D eigenvalue weighted by Crippen LogP contribution is -2.14. The maximum absolute atomic E-state index is 13.2. The summed E-state index contributed by atoms with van der Waals surface area (Å²) in [5.41, 5.74) is 9.24. The zero-order chi connectivity index (χ0) is 21.1. The molecule has 3 aromatic carbocycles. The first-order valence-electron chi connectivity index (χ1n) is 9.15. The highest BCUT2D eigenvalue weighted by Crippen LogP contribution is 2.38. The minimum Gasteiger partial charge on any atom is -0.399 e. The van der Waals surface area contributed by atoms with E-state index in [0.29, 0.717) is 22.6 Å². The Morgan fingerprint density at radius 3 is 1.97 bits per heavy atom. The molecule has 1 heterocycles. The molecule has 1 aromatic heterocycles. The normalized spacial score (nSPS) is 11.0. The second-order valence-corrected chi connectivity index (χ2v) is 8.27. The summed E-state index contributed by atoms with van der Waals surface area (Å²) in [5.74, 6) is 0. The van der Waals surface area contributed by atoms with Crippen molar-refractivity contribution in [3.05, 3.63) is 90.5 Å². The Labute approximate surface area is 174 Å². The topological polar surface area (TPSA) is 112 Å². The highest BCUT2D eigenvalue weighted by molar-refractivity contribution is 7.92. The first-order valence-corrected chi connectivity index (χ1v) is 10.6. The monoisotopic (exact) mass is 414 g/mol. The fourth-order valence-electron chi connectivity index (χ4n) is 3.26. The van der Waals surface area contributed by atoms with Gasteiger partial charge in [-0.2, -0.15) is 13.7 Å². The van der Waals surface area contributed by atoms with Gasteiger partial charge in [0.15, 0.2) is 5.03 Å². The number of aromatic amines is 1. The Hall–Kier alpha value is -4.02. The van der Waals surface area contributed by atoms with Gasteiger partial charge >= 0.3 is 0 Å². The molecule has 0 saturated heterocycles. The predicted molar refractivity (Wildman–Crippen MR) is 118 cm³/mol. The predicted octanol–water partition coefficient (Wildman–Crippen LogP) is 4.60. The number of nitrogens with one attached hydrogen (secondary N) is 2. The van der Waals surface area contributed by atoms with Crippen molar-refractivity contribution in [2.45, 2.75) is 5.03 Å². The van der Waals surface area contributed by atoms with Crippen molar-refractivity contribution in [2.24, 2.45) is 0 Å². The van der Waals surface area contributed by atoms with Crippen molar-refractivity contribution < 1.29 is 8.42 Å².